The van der Waals surface area contributed by atoms with E-state index in [4.69, 9.17) is 9.10 Å². The third-order valence-electron chi connectivity index (χ3n) is 11.1. The van der Waals surface area contributed by atoms with Gasteiger partial charge in [0.25, 0.3) is 0 Å². The Kier molecular flexibility index (Phi) is 7.75. The van der Waals surface area contributed by atoms with Crippen LogP contribution in [-0.2, 0) is 0 Å². The first-order valence-electron chi connectivity index (χ1n) is 21.0. The monoisotopic (exact) mass is 740 g/mol. The van der Waals surface area contributed by atoms with Crippen LogP contribution in [0.3, 0.4) is 0 Å². The lowest BCUT2D eigenvalue weighted by molar-refractivity contribution is 0.709. The second-order valence-corrected chi connectivity index (χ2v) is 14.9. The molecule has 0 bridgehead atoms. The number of hydrogen-bond acceptors (Lipinski definition) is 4. The molecule has 276 valence electrons. The Morgan fingerprint density at radius 3 is 1.96 bits per heavy atom. The first-order chi connectivity index (χ1) is 29.2. The summed E-state index contributed by atoms with van der Waals surface area (Å²) >= 11 is 0. The Bertz CT molecular complexity index is 2950. The van der Waals surface area contributed by atoms with Gasteiger partial charge in [0, 0.05) is 55.3 Å². The highest BCUT2D eigenvalue weighted by Gasteiger charge is 2.29. The van der Waals surface area contributed by atoms with E-state index in [2.05, 4.69) is 191 Å². The molecule has 2 aromatic heterocycles. The van der Waals surface area contributed by atoms with E-state index < -0.39 is 6.85 Å². The minimum atomic E-state index is -2.28. The van der Waals surface area contributed by atoms with Crippen LogP contribution in [0.25, 0.3) is 49.9 Å². The zero-order valence-electron chi connectivity index (χ0n) is 34.9. The van der Waals surface area contributed by atoms with Crippen molar-refractivity contribution in [3.63, 3.8) is 0 Å². The number of para-hydroxylation sites is 4. The van der Waals surface area contributed by atoms with Crippen LogP contribution in [0, 0.1) is 6.85 Å². The van der Waals surface area contributed by atoms with Crippen molar-refractivity contribution in [3.8, 4) is 28.1 Å². The molecule has 9 aromatic rings. The third-order valence-corrected chi connectivity index (χ3v) is 11.1. The standard InChI is InChI=1S/C52H43N5/c1-36(2)54-35-55(49-27-13-12-26-48(49)54)40-20-14-21-41(33-40)56(52-43(38-16-6-4-7-17-38)23-15-24-44(52)39-18-8-5-9-19-39)42-28-29-46-45-22-10-11-25-47(45)57(50(46)34-42)51-32-37(3)30-31-53-51/h4-34,36H,35H2,1-3H3/i3D3. The van der Waals surface area contributed by atoms with Crippen LogP contribution >= 0.6 is 0 Å². The molecule has 0 amide bonds. The van der Waals surface area contributed by atoms with Gasteiger partial charge in [-0.1, -0.05) is 121 Å². The first-order valence-corrected chi connectivity index (χ1v) is 19.5. The van der Waals surface area contributed by atoms with E-state index in [0.717, 1.165) is 73.5 Å². The smallest absolute Gasteiger partial charge is 0.137 e. The van der Waals surface area contributed by atoms with E-state index in [1.165, 1.54) is 11.4 Å². The number of benzene rings is 7. The van der Waals surface area contributed by atoms with E-state index in [9.17, 15) is 0 Å². The molecule has 57 heavy (non-hydrogen) atoms. The molecule has 0 N–H and O–H groups in total. The number of pyridine rings is 1. The average Bonchev–Trinajstić information content (AvgIpc) is 3.84. The number of anilines is 6. The van der Waals surface area contributed by atoms with Crippen molar-refractivity contribution >= 4 is 55.9 Å². The summed E-state index contributed by atoms with van der Waals surface area (Å²) in [6, 6.07) is 63.8. The summed E-state index contributed by atoms with van der Waals surface area (Å²) in [5, 5.41) is 2.11. The van der Waals surface area contributed by atoms with Gasteiger partial charge in [-0.25, -0.2) is 4.98 Å². The zero-order chi connectivity index (χ0) is 41.0. The largest absolute Gasteiger partial charge is 0.349 e. The Morgan fingerprint density at radius 2 is 1.23 bits per heavy atom. The Morgan fingerprint density at radius 1 is 0.579 bits per heavy atom. The van der Waals surface area contributed by atoms with Crippen molar-refractivity contribution in [2.75, 3.05) is 21.4 Å². The minimum absolute atomic E-state index is 0.247. The number of nitrogens with zero attached hydrogens (tertiary/aromatic N) is 5. The molecule has 5 nitrogen and oxygen atoms in total. The van der Waals surface area contributed by atoms with Crippen LogP contribution in [0.15, 0.2) is 188 Å². The van der Waals surface area contributed by atoms with Gasteiger partial charge < -0.3 is 14.7 Å². The molecule has 10 rings (SSSR count). The molecular weight excluding hydrogens is 695 g/mol. The van der Waals surface area contributed by atoms with Gasteiger partial charge in [0.1, 0.15) is 5.82 Å². The lowest BCUT2D eigenvalue weighted by atomic mass is 9.94. The van der Waals surface area contributed by atoms with Crippen LogP contribution < -0.4 is 14.7 Å². The normalized spacial score (nSPS) is 13.5. The second-order valence-electron chi connectivity index (χ2n) is 14.9. The highest BCUT2D eigenvalue weighted by Crippen LogP contribution is 2.49. The van der Waals surface area contributed by atoms with Gasteiger partial charge in [-0.2, -0.15) is 0 Å². The van der Waals surface area contributed by atoms with E-state index in [1.807, 2.05) is 12.1 Å². The molecular formula is C52H43N5. The first kappa shape index (κ1) is 31.1. The van der Waals surface area contributed by atoms with Gasteiger partial charge in [0.15, 0.2) is 0 Å². The molecule has 1 aliphatic heterocycles. The van der Waals surface area contributed by atoms with Gasteiger partial charge in [-0.05, 0) is 98.1 Å². The van der Waals surface area contributed by atoms with E-state index in [-0.39, 0.29) is 5.56 Å². The lowest BCUT2D eigenvalue weighted by Crippen LogP contribution is -2.33. The van der Waals surface area contributed by atoms with Gasteiger partial charge in [-0.3, -0.25) is 4.57 Å². The van der Waals surface area contributed by atoms with E-state index in [0.29, 0.717) is 11.9 Å². The quantitative estimate of drug-likeness (QED) is 0.155. The lowest BCUT2D eigenvalue weighted by Gasteiger charge is -2.32. The van der Waals surface area contributed by atoms with Gasteiger partial charge in [-0.15, -0.1) is 0 Å². The molecule has 5 heteroatoms. The summed E-state index contributed by atoms with van der Waals surface area (Å²) in [6.07, 6.45) is 1.60. The summed E-state index contributed by atoms with van der Waals surface area (Å²) in [5.74, 6) is 0.553. The highest BCUT2D eigenvalue weighted by molar-refractivity contribution is 6.11. The Hall–Kier alpha value is -7.11. The fourth-order valence-electron chi connectivity index (χ4n) is 8.48. The van der Waals surface area contributed by atoms with Crippen molar-refractivity contribution in [3.05, 3.63) is 194 Å². The maximum Gasteiger partial charge on any atom is 0.137 e. The van der Waals surface area contributed by atoms with Gasteiger partial charge >= 0.3 is 0 Å². The Labute approximate surface area is 338 Å². The molecule has 0 spiro atoms. The van der Waals surface area contributed by atoms with Crippen LogP contribution in [0.5, 0.6) is 0 Å². The molecule has 0 saturated carbocycles. The predicted octanol–water partition coefficient (Wildman–Crippen LogP) is 13.6. The summed E-state index contributed by atoms with van der Waals surface area (Å²) in [5.41, 5.74) is 13.0. The second kappa shape index (κ2) is 14.2. The Balaban J connectivity index is 1.26. The molecule has 0 aliphatic carbocycles. The number of aryl methyl sites for hydroxylation is 1. The fraction of sp³-hybridized carbons (Fsp3) is 0.0962. The van der Waals surface area contributed by atoms with Gasteiger partial charge in [0.05, 0.1) is 34.8 Å². The molecule has 0 fully saturated rings. The van der Waals surface area contributed by atoms with Crippen molar-refractivity contribution in [2.24, 2.45) is 0 Å². The summed E-state index contributed by atoms with van der Waals surface area (Å²) < 4.78 is 26.8. The van der Waals surface area contributed by atoms with Crippen molar-refractivity contribution < 1.29 is 4.11 Å². The summed E-state index contributed by atoms with van der Waals surface area (Å²) in [6.45, 7) is 2.95. The number of hydrogen-bond donors (Lipinski definition) is 0. The van der Waals surface area contributed by atoms with Crippen LogP contribution in [-0.4, -0.2) is 22.3 Å². The molecule has 3 heterocycles. The van der Waals surface area contributed by atoms with Gasteiger partial charge in [0.2, 0.25) is 0 Å². The minimum Gasteiger partial charge on any atom is -0.349 e. The molecule has 0 atom stereocenters. The van der Waals surface area contributed by atoms with Crippen molar-refractivity contribution in [1.82, 2.24) is 9.55 Å². The SMILES string of the molecule is [2H]C([2H])([2H])c1ccnc(-n2c3ccccc3c3ccc(N(c4cccc(N5CN(C(C)C)c6ccccc65)c4)c4c(-c5ccccc5)cccc4-c4ccccc4)cc32)c1. The molecule has 0 saturated heterocycles. The van der Waals surface area contributed by atoms with Crippen molar-refractivity contribution in [1.29, 1.82) is 0 Å². The maximum absolute atomic E-state index is 8.22. The molecule has 0 unspecified atom stereocenters. The number of aromatic nitrogens is 2. The van der Waals surface area contributed by atoms with Crippen LogP contribution in [0.4, 0.5) is 34.1 Å². The van der Waals surface area contributed by atoms with Crippen molar-refractivity contribution in [2.45, 2.75) is 26.7 Å². The molecule has 0 radical (unpaired) electrons. The van der Waals surface area contributed by atoms with Crippen LogP contribution in [0.1, 0.15) is 23.5 Å². The topological polar surface area (TPSA) is 27.5 Å². The van der Waals surface area contributed by atoms with E-state index >= 15 is 0 Å². The maximum atomic E-state index is 8.22. The number of rotatable bonds is 8. The zero-order valence-corrected chi connectivity index (χ0v) is 31.9. The molecule has 1 aliphatic rings. The fourth-order valence-corrected chi connectivity index (χ4v) is 8.48. The number of fused-ring (bicyclic) bond motifs is 4. The predicted molar refractivity (Wildman–Crippen MR) is 240 cm³/mol. The highest BCUT2D eigenvalue weighted by atomic mass is 15.4. The molecule has 7 aromatic carbocycles. The van der Waals surface area contributed by atoms with E-state index in [1.54, 1.807) is 18.3 Å². The summed E-state index contributed by atoms with van der Waals surface area (Å²) in [4.78, 5) is 12.0. The third kappa shape index (κ3) is 6.00. The average molecular weight is 741 g/mol. The van der Waals surface area contributed by atoms with Crippen LogP contribution in [0.2, 0.25) is 0 Å². The summed E-state index contributed by atoms with van der Waals surface area (Å²) in [7, 11) is 0.